The number of hydrogen-bond donors (Lipinski definition) is 2. The number of nitrogens with zero attached hydrogens (tertiary/aromatic N) is 1. The van der Waals surface area contributed by atoms with Crippen LogP contribution in [0.4, 0.5) is 0 Å². The molecule has 3 aromatic rings. The molecule has 0 bridgehead atoms. The van der Waals surface area contributed by atoms with Crippen molar-refractivity contribution in [2.45, 2.75) is 38.5 Å². The second-order valence-corrected chi connectivity index (χ2v) is 9.22. The number of aliphatic hydroxyl groups is 1. The molecule has 0 unspecified atom stereocenters. The number of likely N-dealkylation sites (tertiary alicyclic amines) is 1. The number of nitrogens with two attached hydrogens (primary N) is 1. The first kappa shape index (κ1) is 25.5. The van der Waals surface area contributed by atoms with Gasteiger partial charge in [0.1, 0.15) is 29.5 Å². The minimum Gasteiger partial charge on any atom is -0.496 e. The Morgan fingerprint density at radius 3 is 2.22 bits per heavy atom. The molecule has 0 saturated carbocycles. The lowest BCUT2D eigenvalue weighted by Crippen LogP contribution is -2.52. The Morgan fingerprint density at radius 1 is 1.00 bits per heavy atom. The van der Waals surface area contributed by atoms with Crippen LogP contribution < -0.4 is 19.9 Å². The lowest BCUT2D eigenvalue weighted by atomic mass is 9.90. The second kappa shape index (κ2) is 11.0. The molecule has 0 aromatic heterocycles. The van der Waals surface area contributed by atoms with E-state index in [2.05, 4.69) is 42.2 Å². The molecule has 1 aliphatic heterocycles. The van der Waals surface area contributed by atoms with Crippen molar-refractivity contribution in [1.82, 2.24) is 4.90 Å². The molecular weight excluding hydrogens is 456 g/mol. The van der Waals surface area contributed by atoms with Crippen LogP contribution in [0.5, 0.6) is 17.2 Å². The number of benzene rings is 3. The SMILES string of the molecule is COc1cc(OCc2cccc(-c3ccccc3)c2C)cc(OC)c1CN1CCC(O)(C(N)=O)CC1. The number of rotatable bonds is 9. The highest BCUT2D eigenvalue weighted by molar-refractivity contribution is 5.83. The number of piperidine rings is 1. The summed E-state index contributed by atoms with van der Waals surface area (Å²) in [7, 11) is 3.25. The number of carbonyl (C=O) groups excluding carboxylic acids is 1. The van der Waals surface area contributed by atoms with E-state index >= 15 is 0 Å². The van der Waals surface area contributed by atoms with Gasteiger partial charge in [-0.1, -0.05) is 48.5 Å². The van der Waals surface area contributed by atoms with Gasteiger partial charge in [0.25, 0.3) is 0 Å². The molecule has 0 radical (unpaired) electrons. The van der Waals surface area contributed by atoms with E-state index in [9.17, 15) is 9.90 Å². The van der Waals surface area contributed by atoms with Crippen LogP contribution in [-0.2, 0) is 17.9 Å². The quantitative estimate of drug-likeness (QED) is 0.470. The van der Waals surface area contributed by atoms with Crippen LogP contribution in [0, 0.1) is 6.92 Å². The highest BCUT2D eigenvalue weighted by atomic mass is 16.5. The van der Waals surface area contributed by atoms with Crippen LogP contribution in [0.1, 0.15) is 29.5 Å². The summed E-state index contributed by atoms with van der Waals surface area (Å²) in [5.74, 6) is 1.31. The van der Waals surface area contributed by atoms with E-state index in [0.29, 0.717) is 56.3 Å². The molecule has 3 aromatic carbocycles. The van der Waals surface area contributed by atoms with Crippen LogP contribution in [0.2, 0.25) is 0 Å². The molecule has 7 heteroatoms. The Labute approximate surface area is 212 Å². The standard InChI is InChI=1S/C29H34N2O5/c1-20-22(10-7-11-24(20)21-8-5-4-6-9-21)19-36-23-16-26(34-2)25(27(17-23)35-3)18-31-14-12-29(33,13-15-31)28(30)32/h4-11,16-17,33H,12-15,18-19H2,1-3H3,(H2,30,32). The van der Waals surface area contributed by atoms with Crippen LogP contribution in [0.15, 0.2) is 60.7 Å². The lowest BCUT2D eigenvalue weighted by molar-refractivity contribution is -0.141. The van der Waals surface area contributed by atoms with Crippen molar-refractivity contribution in [2.75, 3.05) is 27.3 Å². The molecule has 7 nitrogen and oxygen atoms in total. The maximum absolute atomic E-state index is 11.6. The molecule has 4 rings (SSSR count). The van der Waals surface area contributed by atoms with E-state index in [1.54, 1.807) is 14.2 Å². The van der Waals surface area contributed by atoms with Crippen molar-refractivity contribution in [3.05, 3.63) is 77.4 Å². The second-order valence-electron chi connectivity index (χ2n) is 9.22. The van der Waals surface area contributed by atoms with Gasteiger partial charge >= 0.3 is 0 Å². The van der Waals surface area contributed by atoms with Gasteiger partial charge in [0.05, 0.1) is 19.8 Å². The zero-order valence-corrected chi connectivity index (χ0v) is 21.1. The summed E-state index contributed by atoms with van der Waals surface area (Å²) in [5.41, 5.74) is 9.47. The van der Waals surface area contributed by atoms with Gasteiger partial charge in [0, 0.05) is 31.8 Å². The molecule has 3 N–H and O–H groups in total. The average Bonchev–Trinajstić information content (AvgIpc) is 2.90. The molecule has 0 atom stereocenters. The molecule has 1 heterocycles. The van der Waals surface area contributed by atoms with Crippen LogP contribution in [0.3, 0.4) is 0 Å². The molecule has 0 spiro atoms. The van der Waals surface area contributed by atoms with Crippen molar-refractivity contribution < 1.29 is 24.1 Å². The van der Waals surface area contributed by atoms with E-state index in [-0.39, 0.29) is 0 Å². The zero-order valence-electron chi connectivity index (χ0n) is 21.1. The van der Waals surface area contributed by atoms with Crippen molar-refractivity contribution in [3.8, 4) is 28.4 Å². The van der Waals surface area contributed by atoms with Crippen LogP contribution in [-0.4, -0.2) is 48.8 Å². The molecule has 1 saturated heterocycles. The first-order chi connectivity index (χ1) is 17.3. The summed E-state index contributed by atoms with van der Waals surface area (Å²) in [6, 6.07) is 20.3. The number of carbonyl (C=O) groups is 1. The summed E-state index contributed by atoms with van der Waals surface area (Å²) in [5, 5.41) is 10.4. The summed E-state index contributed by atoms with van der Waals surface area (Å²) in [6.07, 6.45) is 0.602. The first-order valence-electron chi connectivity index (χ1n) is 12.1. The minimum absolute atomic E-state index is 0.301. The summed E-state index contributed by atoms with van der Waals surface area (Å²) >= 11 is 0. The van der Waals surface area contributed by atoms with E-state index < -0.39 is 11.5 Å². The fourth-order valence-corrected chi connectivity index (χ4v) is 4.68. The molecule has 36 heavy (non-hydrogen) atoms. The summed E-state index contributed by atoms with van der Waals surface area (Å²) < 4.78 is 17.6. The van der Waals surface area contributed by atoms with E-state index in [1.165, 1.54) is 16.7 Å². The maximum atomic E-state index is 11.6. The number of ether oxygens (including phenoxy) is 3. The fourth-order valence-electron chi connectivity index (χ4n) is 4.68. The van der Waals surface area contributed by atoms with E-state index in [1.807, 2.05) is 30.3 Å². The third-order valence-corrected chi connectivity index (χ3v) is 7.03. The molecule has 1 fully saturated rings. The lowest BCUT2D eigenvalue weighted by Gasteiger charge is -2.36. The molecular formula is C29H34N2O5. The number of methoxy groups -OCH3 is 2. The van der Waals surface area contributed by atoms with Gasteiger partial charge < -0.3 is 25.1 Å². The third kappa shape index (κ3) is 5.48. The molecule has 0 aliphatic carbocycles. The monoisotopic (exact) mass is 490 g/mol. The van der Waals surface area contributed by atoms with E-state index in [0.717, 1.165) is 11.1 Å². The van der Waals surface area contributed by atoms with Crippen LogP contribution in [0.25, 0.3) is 11.1 Å². The predicted molar refractivity (Wildman–Crippen MR) is 139 cm³/mol. The Bertz CT molecular complexity index is 1180. The normalized spacial score (nSPS) is 15.3. The molecule has 1 amide bonds. The largest absolute Gasteiger partial charge is 0.496 e. The summed E-state index contributed by atoms with van der Waals surface area (Å²) in [6.45, 7) is 4.17. The van der Waals surface area contributed by atoms with Crippen molar-refractivity contribution in [2.24, 2.45) is 5.73 Å². The first-order valence-corrected chi connectivity index (χ1v) is 12.1. The smallest absolute Gasteiger partial charge is 0.249 e. The summed E-state index contributed by atoms with van der Waals surface area (Å²) in [4.78, 5) is 13.7. The van der Waals surface area contributed by atoms with Gasteiger partial charge in [0.15, 0.2) is 0 Å². The maximum Gasteiger partial charge on any atom is 0.249 e. The van der Waals surface area contributed by atoms with Gasteiger partial charge in [-0.05, 0) is 42.0 Å². The number of primary amides is 1. The highest BCUT2D eigenvalue weighted by Crippen LogP contribution is 2.37. The van der Waals surface area contributed by atoms with Crippen molar-refractivity contribution in [1.29, 1.82) is 0 Å². The van der Waals surface area contributed by atoms with Gasteiger partial charge in [-0.3, -0.25) is 9.69 Å². The van der Waals surface area contributed by atoms with Gasteiger partial charge in [-0.25, -0.2) is 0 Å². The third-order valence-electron chi connectivity index (χ3n) is 7.03. The Morgan fingerprint density at radius 2 is 1.64 bits per heavy atom. The van der Waals surface area contributed by atoms with Gasteiger partial charge in [0.2, 0.25) is 5.91 Å². The van der Waals surface area contributed by atoms with Crippen molar-refractivity contribution in [3.63, 3.8) is 0 Å². The zero-order chi connectivity index (χ0) is 25.7. The Hall–Kier alpha value is -3.55. The topological polar surface area (TPSA) is 94.2 Å². The fraction of sp³-hybridized carbons (Fsp3) is 0.345. The van der Waals surface area contributed by atoms with E-state index in [4.69, 9.17) is 19.9 Å². The van der Waals surface area contributed by atoms with Gasteiger partial charge in [-0.15, -0.1) is 0 Å². The van der Waals surface area contributed by atoms with Crippen LogP contribution >= 0.6 is 0 Å². The molecule has 190 valence electrons. The Kier molecular flexibility index (Phi) is 7.82. The number of amides is 1. The van der Waals surface area contributed by atoms with Crippen molar-refractivity contribution >= 4 is 5.91 Å². The predicted octanol–water partition coefficient (Wildman–Crippen LogP) is 4.07. The minimum atomic E-state index is -1.43. The Balaban J connectivity index is 1.50. The molecule has 1 aliphatic rings. The highest BCUT2D eigenvalue weighted by Gasteiger charge is 2.37. The number of hydrogen-bond acceptors (Lipinski definition) is 6. The average molecular weight is 491 g/mol. The van der Waals surface area contributed by atoms with Gasteiger partial charge in [-0.2, -0.15) is 0 Å².